The lowest BCUT2D eigenvalue weighted by molar-refractivity contribution is -0.159. The van der Waals surface area contributed by atoms with Crippen LogP contribution in [0.2, 0.25) is 0 Å². The summed E-state index contributed by atoms with van der Waals surface area (Å²) in [5.74, 6) is -12.5. The number of hydrogen-bond donors (Lipinski definition) is 13. The third-order valence-electron chi connectivity index (χ3n) is 15.4. The minimum absolute atomic E-state index is 0.00194. The van der Waals surface area contributed by atoms with E-state index in [2.05, 4.69) is 42.4 Å². The number of hydrogen-bond acceptors (Lipinski definition) is 22. The van der Waals surface area contributed by atoms with Gasteiger partial charge in [0.05, 0.1) is 25.3 Å². The standard InChI is InChI=1S/C61H93N11O20S3/c1-11-14-50(82)92-31-72(60(89)51(33(5)12-2)68-58(88)52-34(6)15-13-20-71(52)10)45(32(3)4)28-46(75)59-67-44(30-93-59)57(87)64-39(24-38-16-18-40(74)19-17-38)23-35(7)53(83)69-70-61(90)91-21-22-94-95-29-36(8)62-54(84)42(26-48(78)79)65-56(86)43(27-49(80)81)66-55(85)41(25-47(76)77)63-37(9)73/h16-19,30,32-36,39,41-43,45-46,51-52,74-75H,11-15,20-29,31H2,1-10H3,(H,62,84)(H,63,73)(H,64,87)(H,65,86)(H,66,85)(H,68,88)(H,69,83)(H,70,90)(H,76,77)(H,78,79)(H,80,81)/t33?,34-,35-,36+,39+,41-,42-,43-,45+,46+,51-,52+/m0/s1. The third-order valence-corrected chi connectivity index (χ3v) is 18.9. The summed E-state index contributed by atoms with van der Waals surface area (Å²) in [7, 11) is 4.31. The first kappa shape index (κ1) is 81.4. The number of thiazole rings is 1. The average molecular weight is 1400 g/mol. The summed E-state index contributed by atoms with van der Waals surface area (Å²) >= 11 is 1.01. The number of piperidine rings is 1. The van der Waals surface area contributed by atoms with Crippen LogP contribution in [-0.4, -0.2) is 204 Å². The van der Waals surface area contributed by atoms with Crippen LogP contribution in [0.4, 0.5) is 4.79 Å². The molecule has 95 heavy (non-hydrogen) atoms. The molecule has 1 saturated heterocycles. The van der Waals surface area contributed by atoms with Crippen molar-refractivity contribution in [3.63, 3.8) is 0 Å². The maximum atomic E-state index is 14.9. The van der Waals surface area contributed by atoms with E-state index in [9.17, 15) is 82.8 Å². The number of phenolic OH excluding ortho intramolecular Hbond substituents is 1. The molecule has 9 amide bonds. The number of carbonyl (C=O) groups is 13. The summed E-state index contributed by atoms with van der Waals surface area (Å²) < 4.78 is 10.8. The third kappa shape index (κ3) is 29.0. The molecule has 3 rings (SSSR count). The molecule has 1 aromatic carbocycles. The van der Waals surface area contributed by atoms with Crippen LogP contribution in [0, 0.1) is 23.7 Å². The zero-order valence-electron chi connectivity index (χ0n) is 55.1. The molecule has 0 bridgehead atoms. The van der Waals surface area contributed by atoms with Gasteiger partial charge in [-0.2, -0.15) is 0 Å². The maximum absolute atomic E-state index is 14.9. The lowest BCUT2D eigenvalue weighted by Crippen LogP contribution is -2.60. The number of rotatable bonds is 40. The number of likely N-dealkylation sites (tertiary alicyclic amines) is 1. The number of nitrogens with zero attached hydrogens (tertiary/aromatic N) is 3. The second-order valence-corrected chi connectivity index (χ2v) is 27.4. The summed E-state index contributed by atoms with van der Waals surface area (Å²) in [6, 6.07) is -2.75. The van der Waals surface area contributed by atoms with Gasteiger partial charge in [-0.25, -0.2) is 15.2 Å². The molecule has 1 aliphatic rings. The predicted octanol–water partition coefficient (Wildman–Crippen LogP) is 2.60. The van der Waals surface area contributed by atoms with E-state index in [0.717, 1.165) is 37.6 Å². The molecule has 34 heteroatoms. The Kier molecular flexibility index (Phi) is 35.3. The number of phenols is 1. The van der Waals surface area contributed by atoms with Crippen molar-refractivity contribution in [3.05, 3.63) is 45.9 Å². The first-order valence-corrected chi connectivity index (χ1v) is 34.6. The fourth-order valence-electron chi connectivity index (χ4n) is 10.2. The molecule has 0 saturated carbocycles. The largest absolute Gasteiger partial charge is 0.508 e. The Morgan fingerprint density at radius 3 is 1.89 bits per heavy atom. The van der Waals surface area contributed by atoms with Crippen LogP contribution in [0.15, 0.2) is 29.6 Å². The number of esters is 1. The van der Waals surface area contributed by atoms with Crippen molar-refractivity contribution in [2.24, 2.45) is 23.7 Å². The van der Waals surface area contributed by atoms with Gasteiger partial charge >= 0.3 is 30.0 Å². The average Bonchev–Trinajstić information content (AvgIpc) is 1.61. The number of aliphatic hydroxyl groups excluding tert-OH is 1. The van der Waals surface area contributed by atoms with Crippen LogP contribution in [0.25, 0.3) is 0 Å². The monoisotopic (exact) mass is 1400 g/mol. The zero-order valence-corrected chi connectivity index (χ0v) is 57.6. The van der Waals surface area contributed by atoms with E-state index in [1.54, 1.807) is 26.0 Å². The highest BCUT2D eigenvalue weighted by atomic mass is 33.1. The van der Waals surface area contributed by atoms with Gasteiger partial charge in [0.1, 0.15) is 53.3 Å². The molecule has 1 unspecified atom stereocenters. The number of likely N-dealkylation sites (N-methyl/N-ethyl adjacent to an activating group) is 1. The van der Waals surface area contributed by atoms with Crippen molar-refractivity contribution in [2.75, 3.05) is 38.4 Å². The van der Waals surface area contributed by atoms with Gasteiger partial charge in [0, 0.05) is 60.7 Å². The van der Waals surface area contributed by atoms with Crippen molar-refractivity contribution >= 4 is 110 Å². The Balaban J connectivity index is 1.61. The number of benzene rings is 1. The molecule has 530 valence electrons. The highest BCUT2D eigenvalue weighted by Gasteiger charge is 2.41. The Hall–Kier alpha value is -7.82. The number of aliphatic hydroxyl groups is 1. The molecule has 13 N–H and O–H groups in total. The maximum Gasteiger partial charge on any atom is 0.426 e. The van der Waals surface area contributed by atoms with Gasteiger partial charge in [0.2, 0.25) is 41.4 Å². The smallest absolute Gasteiger partial charge is 0.426 e. The molecule has 1 aromatic heterocycles. The van der Waals surface area contributed by atoms with E-state index in [1.165, 1.54) is 44.0 Å². The second-order valence-electron chi connectivity index (χ2n) is 23.9. The van der Waals surface area contributed by atoms with Crippen molar-refractivity contribution in [1.29, 1.82) is 0 Å². The van der Waals surface area contributed by atoms with Crippen molar-refractivity contribution in [2.45, 2.75) is 187 Å². The number of aliphatic carboxylic acids is 3. The van der Waals surface area contributed by atoms with Crippen LogP contribution in [0.5, 0.6) is 5.75 Å². The Bertz CT molecular complexity index is 2920. The van der Waals surface area contributed by atoms with Gasteiger partial charge in [0.15, 0.2) is 6.73 Å². The van der Waals surface area contributed by atoms with Gasteiger partial charge in [-0.3, -0.25) is 67.9 Å². The first-order valence-electron chi connectivity index (χ1n) is 31.2. The summed E-state index contributed by atoms with van der Waals surface area (Å²) in [6.45, 7) is 15.6. The highest BCUT2D eigenvalue weighted by molar-refractivity contribution is 8.76. The minimum Gasteiger partial charge on any atom is -0.508 e. The first-order chi connectivity index (χ1) is 44.7. The molecule has 1 aliphatic heterocycles. The van der Waals surface area contributed by atoms with Crippen LogP contribution in [-0.2, 0) is 68.6 Å². The quantitative estimate of drug-likeness (QED) is 0.0150. The van der Waals surface area contributed by atoms with Crippen LogP contribution < -0.4 is 42.8 Å². The molecule has 12 atom stereocenters. The van der Waals surface area contributed by atoms with Crippen LogP contribution in [0.1, 0.15) is 154 Å². The van der Waals surface area contributed by atoms with E-state index in [4.69, 9.17) is 14.6 Å². The van der Waals surface area contributed by atoms with Crippen molar-refractivity contribution < 1.29 is 97.3 Å². The number of hydrazine groups is 1. The number of aromatic nitrogens is 1. The number of amides is 9. The normalized spacial score (nSPS) is 17.0. The van der Waals surface area contributed by atoms with E-state index in [0.29, 0.717) is 18.4 Å². The molecule has 31 nitrogen and oxygen atoms in total. The predicted molar refractivity (Wildman–Crippen MR) is 349 cm³/mol. The Labute approximate surface area is 563 Å². The molecular formula is C61H93N11O20S3. The van der Waals surface area contributed by atoms with E-state index >= 15 is 0 Å². The molecule has 0 radical (unpaired) electrons. The summed E-state index contributed by atoms with van der Waals surface area (Å²) in [5.41, 5.74) is 5.12. The number of aromatic hydroxyl groups is 1. The molecule has 2 aromatic rings. The molecule has 2 heterocycles. The van der Waals surface area contributed by atoms with Gasteiger partial charge in [-0.1, -0.05) is 88.6 Å². The molecule has 0 spiro atoms. The molecular weight excluding hydrogens is 1300 g/mol. The lowest BCUT2D eigenvalue weighted by Gasteiger charge is -2.40. The number of carboxylic acids is 3. The van der Waals surface area contributed by atoms with Crippen LogP contribution in [0.3, 0.4) is 0 Å². The van der Waals surface area contributed by atoms with Crippen molar-refractivity contribution in [3.8, 4) is 5.75 Å². The summed E-state index contributed by atoms with van der Waals surface area (Å²) in [4.78, 5) is 175. The number of ether oxygens (including phenoxy) is 2. The van der Waals surface area contributed by atoms with Gasteiger partial charge in [-0.15, -0.1) is 11.3 Å². The fourth-order valence-corrected chi connectivity index (χ4v) is 13.1. The zero-order chi connectivity index (χ0) is 71.2. The van der Waals surface area contributed by atoms with E-state index in [1.807, 2.05) is 58.8 Å². The molecule has 1 fully saturated rings. The van der Waals surface area contributed by atoms with Gasteiger partial charge < -0.3 is 71.8 Å². The lowest BCUT2D eigenvalue weighted by atomic mass is 9.89. The van der Waals surface area contributed by atoms with E-state index in [-0.39, 0.29) is 83.9 Å². The SMILES string of the molecule is CCCC(=O)OCN(C(=O)[C@@H](NC(=O)[C@H]1[C@@H](C)CCCN1C)C(C)CC)[C@H](C[C@@H](O)c1nc(C(=O)N[C@@H](Cc2ccc(O)cc2)C[C@H](C)C(=O)NNC(=O)OCCSSC[C@@H](C)NC(=O)[C@H](CC(=O)O)NC(=O)[C@H](CC(=O)O)NC(=O)[C@H](CC(=O)O)NC(C)=O)cs1)C(C)C. The summed E-state index contributed by atoms with van der Waals surface area (Å²) in [5, 5.41) is 66.1. The number of carbonyl (C=O) groups excluding carboxylic acids is 10. The van der Waals surface area contributed by atoms with Gasteiger partial charge in [0.25, 0.3) is 5.91 Å². The molecule has 0 aliphatic carbocycles. The summed E-state index contributed by atoms with van der Waals surface area (Å²) in [6.07, 6.45) is -2.19. The van der Waals surface area contributed by atoms with Crippen LogP contribution >= 0.6 is 32.9 Å². The Morgan fingerprint density at radius 1 is 0.758 bits per heavy atom. The van der Waals surface area contributed by atoms with Gasteiger partial charge in [-0.05, 0) is 88.1 Å². The van der Waals surface area contributed by atoms with Crippen molar-refractivity contribution in [1.82, 2.24) is 57.5 Å². The Morgan fingerprint density at radius 2 is 1.35 bits per heavy atom. The van der Waals surface area contributed by atoms with E-state index < -0.39 is 158 Å². The highest BCUT2D eigenvalue weighted by Crippen LogP contribution is 2.30. The number of nitrogens with one attached hydrogen (secondary N) is 8. The topological polar surface area (TPSA) is 457 Å². The minimum atomic E-state index is -1.92. The second kappa shape index (κ2) is 41.2. The number of carboxylic acid groups (broad SMARTS) is 3. The fraction of sp³-hybridized carbons (Fsp3) is 0.639.